The molecule has 0 heterocycles. The van der Waals surface area contributed by atoms with Gasteiger partial charge in [-0.05, 0) is 38.1 Å². The normalized spacial score (nSPS) is 10.8. The van der Waals surface area contributed by atoms with Gasteiger partial charge in [0.05, 0.1) is 0 Å². The quantitative estimate of drug-likeness (QED) is 0.762. The number of hydrogen-bond acceptors (Lipinski definition) is 2. The molecule has 106 valence electrons. The summed E-state index contributed by atoms with van der Waals surface area (Å²) < 4.78 is 5.74. The lowest BCUT2D eigenvalue weighted by atomic mass is 10.1. The van der Waals surface area contributed by atoms with Crippen molar-refractivity contribution >= 4 is 0 Å². The van der Waals surface area contributed by atoms with Crippen molar-refractivity contribution in [3.8, 4) is 5.75 Å². The van der Waals surface area contributed by atoms with Crippen molar-refractivity contribution in [3.63, 3.8) is 0 Å². The third-order valence-corrected chi connectivity index (χ3v) is 3.39. The number of hydrogen-bond donors (Lipinski definition) is 0. The summed E-state index contributed by atoms with van der Waals surface area (Å²) in [7, 11) is 2.14. The van der Waals surface area contributed by atoms with E-state index in [0.29, 0.717) is 0 Å². The lowest BCUT2D eigenvalue weighted by molar-refractivity contribution is 0.239. The first-order valence-electron chi connectivity index (χ1n) is 7.16. The van der Waals surface area contributed by atoms with Gasteiger partial charge in [-0.3, -0.25) is 0 Å². The largest absolute Gasteiger partial charge is 0.492 e. The van der Waals surface area contributed by atoms with Gasteiger partial charge >= 0.3 is 0 Å². The Kier molecular flexibility index (Phi) is 5.63. The molecule has 0 amide bonds. The Morgan fingerprint density at radius 1 is 0.900 bits per heavy atom. The number of rotatable bonds is 7. The van der Waals surface area contributed by atoms with Crippen LogP contribution in [0.25, 0.3) is 0 Å². The predicted octanol–water partition coefficient (Wildman–Crippen LogP) is 3.55. The van der Waals surface area contributed by atoms with Crippen molar-refractivity contribution in [2.75, 3.05) is 26.7 Å². The molecule has 2 aromatic rings. The van der Waals surface area contributed by atoms with E-state index in [0.717, 1.165) is 31.9 Å². The Morgan fingerprint density at radius 2 is 1.60 bits per heavy atom. The first-order valence-corrected chi connectivity index (χ1v) is 7.16. The van der Waals surface area contributed by atoms with E-state index in [2.05, 4.69) is 61.3 Å². The SMILES string of the molecule is Cc1ccc(OCCN(C)CCc2ccccc2)cc1. The molecular weight excluding hydrogens is 246 g/mol. The third-order valence-electron chi connectivity index (χ3n) is 3.39. The van der Waals surface area contributed by atoms with Gasteiger partial charge < -0.3 is 9.64 Å². The molecule has 0 aromatic heterocycles. The molecule has 0 saturated heterocycles. The van der Waals surface area contributed by atoms with Crippen LogP contribution in [-0.4, -0.2) is 31.6 Å². The number of nitrogens with zero attached hydrogens (tertiary/aromatic N) is 1. The van der Waals surface area contributed by atoms with E-state index in [4.69, 9.17) is 4.74 Å². The van der Waals surface area contributed by atoms with E-state index in [1.165, 1.54) is 11.1 Å². The second-order valence-corrected chi connectivity index (χ2v) is 5.20. The molecule has 0 aliphatic heterocycles. The minimum Gasteiger partial charge on any atom is -0.492 e. The Bertz CT molecular complexity index is 493. The van der Waals surface area contributed by atoms with E-state index in [-0.39, 0.29) is 0 Å². The topological polar surface area (TPSA) is 12.5 Å². The van der Waals surface area contributed by atoms with Gasteiger partial charge in [-0.15, -0.1) is 0 Å². The standard InChI is InChI=1S/C18H23NO/c1-16-8-10-18(11-9-16)20-15-14-19(2)13-12-17-6-4-3-5-7-17/h3-11H,12-15H2,1-2H3. The number of benzene rings is 2. The summed E-state index contributed by atoms with van der Waals surface area (Å²) in [6, 6.07) is 18.8. The van der Waals surface area contributed by atoms with Crippen molar-refractivity contribution in [1.82, 2.24) is 4.90 Å². The van der Waals surface area contributed by atoms with Crippen molar-refractivity contribution in [3.05, 3.63) is 65.7 Å². The predicted molar refractivity (Wildman–Crippen MR) is 84.3 cm³/mol. The van der Waals surface area contributed by atoms with Gasteiger partial charge in [-0.25, -0.2) is 0 Å². The summed E-state index contributed by atoms with van der Waals surface area (Å²) in [5.41, 5.74) is 2.65. The second-order valence-electron chi connectivity index (χ2n) is 5.20. The fraction of sp³-hybridized carbons (Fsp3) is 0.333. The highest BCUT2D eigenvalue weighted by Crippen LogP contribution is 2.11. The average molecular weight is 269 g/mol. The second kappa shape index (κ2) is 7.71. The molecule has 0 bridgehead atoms. The van der Waals surface area contributed by atoms with E-state index in [9.17, 15) is 0 Å². The molecule has 2 nitrogen and oxygen atoms in total. The highest BCUT2D eigenvalue weighted by atomic mass is 16.5. The molecule has 0 fully saturated rings. The first-order chi connectivity index (χ1) is 9.74. The third kappa shape index (κ3) is 5.06. The van der Waals surface area contributed by atoms with Gasteiger partial charge in [0.1, 0.15) is 12.4 Å². The van der Waals surface area contributed by atoms with Crippen LogP contribution >= 0.6 is 0 Å². The summed E-state index contributed by atoms with van der Waals surface area (Å²) in [5.74, 6) is 0.951. The maximum absolute atomic E-state index is 5.74. The molecule has 0 atom stereocenters. The molecule has 0 aliphatic carbocycles. The van der Waals surface area contributed by atoms with Crippen molar-refractivity contribution in [2.24, 2.45) is 0 Å². The van der Waals surface area contributed by atoms with Gasteiger partial charge in [0.2, 0.25) is 0 Å². The molecule has 2 rings (SSSR count). The van der Waals surface area contributed by atoms with Crippen LogP contribution < -0.4 is 4.74 Å². The fourth-order valence-corrected chi connectivity index (χ4v) is 2.03. The molecule has 2 heteroatoms. The lowest BCUT2D eigenvalue weighted by Gasteiger charge is -2.17. The zero-order valence-electron chi connectivity index (χ0n) is 12.4. The van der Waals surface area contributed by atoms with Gasteiger partial charge in [0.15, 0.2) is 0 Å². The maximum Gasteiger partial charge on any atom is 0.119 e. The van der Waals surface area contributed by atoms with E-state index in [1.54, 1.807) is 0 Å². The summed E-state index contributed by atoms with van der Waals surface area (Å²) in [6.45, 7) is 4.82. The number of aryl methyl sites for hydroxylation is 1. The highest BCUT2D eigenvalue weighted by molar-refractivity contribution is 5.26. The van der Waals surface area contributed by atoms with Crippen LogP contribution in [0.1, 0.15) is 11.1 Å². The maximum atomic E-state index is 5.74. The minimum atomic E-state index is 0.731. The molecule has 0 saturated carbocycles. The monoisotopic (exact) mass is 269 g/mol. The molecule has 0 radical (unpaired) electrons. The van der Waals surface area contributed by atoms with E-state index < -0.39 is 0 Å². The highest BCUT2D eigenvalue weighted by Gasteiger charge is 2.00. The zero-order chi connectivity index (χ0) is 14.2. The van der Waals surface area contributed by atoms with Crippen LogP contribution in [0.15, 0.2) is 54.6 Å². The number of likely N-dealkylation sites (N-methyl/N-ethyl adjacent to an activating group) is 1. The average Bonchev–Trinajstić information content (AvgIpc) is 2.48. The van der Waals surface area contributed by atoms with E-state index >= 15 is 0 Å². The van der Waals surface area contributed by atoms with Gasteiger partial charge in [-0.1, -0.05) is 48.0 Å². The van der Waals surface area contributed by atoms with Crippen LogP contribution in [0, 0.1) is 6.92 Å². The first kappa shape index (κ1) is 14.6. The number of ether oxygens (including phenoxy) is 1. The lowest BCUT2D eigenvalue weighted by Crippen LogP contribution is -2.26. The van der Waals surface area contributed by atoms with Crippen LogP contribution in [0.2, 0.25) is 0 Å². The zero-order valence-corrected chi connectivity index (χ0v) is 12.4. The molecule has 0 aliphatic rings. The van der Waals surface area contributed by atoms with Crippen LogP contribution in [0.5, 0.6) is 5.75 Å². The smallest absolute Gasteiger partial charge is 0.119 e. The van der Waals surface area contributed by atoms with Crippen LogP contribution in [-0.2, 0) is 6.42 Å². The van der Waals surface area contributed by atoms with Crippen LogP contribution in [0.3, 0.4) is 0 Å². The Hall–Kier alpha value is -1.80. The van der Waals surface area contributed by atoms with Crippen LogP contribution in [0.4, 0.5) is 0 Å². The van der Waals surface area contributed by atoms with Crippen molar-refractivity contribution in [2.45, 2.75) is 13.3 Å². The van der Waals surface area contributed by atoms with Gasteiger partial charge in [-0.2, -0.15) is 0 Å². The molecule has 20 heavy (non-hydrogen) atoms. The fourth-order valence-electron chi connectivity index (χ4n) is 2.03. The minimum absolute atomic E-state index is 0.731. The van der Waals surface area contributed by atoms with Gasteiger partial charge in [0, 0.05) is 13.1 Å². The summed E-state index contributed by atoms with van der Waals surface area (Å²) in [6.07, 6.45) is 1.09. The Labute approximate surface area is 122 Å². The Balaban J connectivity index is 1.65. The summed E-state index contributed by atoms with van der Waals surface area (Å²) in [5, 5.41) is 0. The summed E-state index contributed by atoms with van der Waals surface area (Å²) in [4.78, 5) is 2.31. The van der Waals surface area contributed by atoms with Crippen molar-refractivity contribution < 1.29 is 4.74 Å². The Morgan fingerprint density at radius 3 is 2.30 bits per heavy atom. The molecule has 0 spiro atoms. The van der Waals surface area contributed by atoms with E-state index in [1.807, 2.05) is 12.1 Å². The molecule has 2 aromatic carbocycles. The molecule has 0 N–H and O–H groups in total. The molecule has 0 unspecified atom stereocenters. The molecular formula is C18H23NO. The van der Waals surface area contributed by atoms with Crippen molar-refractivity contribution in [1.29, 1.82) is 0 Å². The van der Waals surface area contributed by atoms with Gasteiger partial charge in [0.25, 0.3) is 0 Å². The summed E-state index contributed by atoms with van der Waals surface area (Å²) >= 11 is 0.